The van der Waals surface area contributed by atoms with Crippen LogP contribution >= 0.6 is 34.4 Å². The molecule has 3 heterocycles. The monoisotopic (exact) mass is 487 g/mol. The van der Waals surface area contributed by atoms with Crippen molar-refractivity contribution < 1.29 is 14.3 Å². The number of anilines is 1. The molecule has 1 atom stereocenters. The third kappa shape index (κ3) is 4.18. The number of esters is 1. The van der Waals surface area contributed by atoms with Gasteiger partial charge in [0, 0.05) is 27.4 Å². The highest BCUT2D eigenvalue weighted by Gasteiger charge is 2.41. The third-order valence-electron chi connectivity index (χ3n) is 5.16. The minimum Gasteiger partial charge on any atom is -0.465 e. The van der Waals surface area contributed by atoms with Crippen LogP contribution in [-0.4, -0.2) is 34.3 Å². The lowest BCUT2D eigenvalue weighted by Crippen LogP contribution is -2.38. The first-order valence-electron chi connectivity index (χ1n) is 10.1. The second-order valence-electron chi connectivity index (χ2n) is 7.21. The van der Waals surface area contributed by atoms with Crippen LogP contribution in [0.3, 0.4) is 0 Å². The van der Waals surface area contributed by atoms with Gasteiger partial charge in [-0.05, 0) is 38.8 Å². The van der Waals surface area contributed by atoms with Crippen molar-refractivity contribution >= 4 is 51.3 Å². The molecule has 0 aromatic carbocycles. The van der Waals surface area contributed by atoms with Crippen molar-refractivity contribution in [3.63, 3.8) is 0 Å². The molecule has 8 nitrogen and oxygen atoms in total. The van der Waals surface area contributed by atoms with Crippen molar-refractivity contribution in [3.8, 4) is 6.07 Å². The van der Waals surface area contributed by atoms with Gasteiger partial charge >= 0.3 is 5.97 Å². The molecule has 1 unspecified atom stereocenters. The van der Waals surface area contributed by atoms with Crippen LogP contribution in [0.1, 0.15) is 41.9 Å². The summed E-state index contributed by atoms with van der Waals surface area (Å²) in [6.07, 6.45) is 1.82. The number of nitrogens with zero attached hydrogens (tertiary/aromatic N) is 4. The molecule has 32 heavy (non-hydrogen) atoms. The average Bonchev–Trinajstić information content (AvgIpc) is 3.41. The van der Waals surface area contributed by atoms with Gasteiger partial charge in [-0.25, -0.2) is 0 Å². The number of Topliss-reactive ketones (excluding diaryl/α,β-unsaturated/α-hetero) is 1. The molecule has 0 saturated carbocycles. The Bertz CT molecular complexity index is 1170. The normalized spacial score (nSPS) is 18.6. The van der Waals surface area contributed by atoms with Crippen LogP contribution in [0.2, 0.25) is 0 Å². The summed E-state index contributed by atoms with van der Waals surface area (Å²) in [6.45, 7) is 4.07. The number of ether oxygens (including phenoxy) is 1. The number of nitrogens with two attached hydrogens (primary N) is 1. The lowest BCUT2D eigenvalue weighted by molar-refractivity contribution is -0.139. The fourth-order valence-electron chi connectivity index (χ4n) is 3.87. The Morgan fingerprint density at radius 3 is 2.88 bits per heavy atom. The highest BCUT2D eigenvalue weighted by atomic mass is 32.2. The zero-order chi connectivity index (χ0) is 22.8. The van der Waals surface area contributed by atoms with Gasteiger partial charge in [0.1, 0.15) is 5.82 Å². The fourth-order valence-corrected chi connectivity index (χ4v) is 6.55. The zero-order valence-electron chi connectivity index (χ0n) is 17.6. The van der Waals surface area contributed by atoms with E-state index in [4.69, 9.17) is 10.5 Å². The topological polar surface area (TPSA) is 122 Å². The summed E-state index contributed by atoms with van der Waals surface area (Å²) in [7, 11) is 0. The third-order valence-corrected chi connectivity index (χ3v) is 8.25. The van der Waals surface area contributed by atoms with Crippen molar-refractivity contribution in [2.24, 2.45) is 5.73 Å². The Hall–Kier alpha value is -2.68. The van der Waals surface area contributed by atoms with Gasteiger partial charge in [-0.2, -0.15) is 5.26 Å². The number of aryl methyl sites for hydroxylation is 1. The van der Waals surface area contributed by atoms with E-state index in [0.29, 0.717) is 46.5 Å². The molecule has 2 N–H and O–H groups in total. The SMILES string of the molecule is CCOC(=O)CSc1nnc(N2C(N)=C(C#N)C(c3ccc(C)s3)C3=C2CCCC3=O)s1. The molecular weight excluding hydrogens is 466 g/mol. The van der Waals surface area contributed by atoms with E-state index in [1.807, 2.05) is 19.1 Å². The Kier molecular flexibility index (Phi) is 6.64. The Labute approximate surface area is 197 Å². The maximum absolute atomic E-state index is 13.1. The number of allylic oxidation sites excluding steroid dienone is 3. The first kappa shape index (κ1) is 22.5. The molecule has 1 aliphatic heterocycles. The molecule has 4 rings (SSSR count). The summed E-state index contributed by atoms with van der Waals surface area (Å²) in [5, 5.41) is 18.9. The van der Waals surface area contributed by atoms with E-state index < -0.39 is 5.92 Å². The van der Waals surface area contributed by atoms with Crippen LogP contribution in [0.25, 0.3) is 0 Å². The average molecular weight is 488 g/mol. The number of thiophene rings is 1. The largest absolute Gasteiger partial charge is 0.465 e. The van der Waals surface area contributed by atoms with E-state index >= 15 is 0 Å². The number of ketones is 1. The first-order chi connectivity index (χ1) is 15.4. The molecule has 0 spiro atoms. The summed E-state index contributed by atoms with van der Waals surface area (Å²) in [5.41, 5.74) is 8.28. The van der Waals surface area contributed by atoms with Crippen LogP contribution in [0.4, 0.5) is 5.13 Å². The quantitative estimate of drug-likeness (QED) is 0.478. The van der Waals surface area contributed by atoms with Gasteiger partial charge in [-0.3, -0.25) is 14.5 Å². The molecule has 2 aliphatic rings. The number of carbonyl (C=O) groups is 2. The van der Waals surface area contributed by atoms with E-state index in [-0.39, 0.29) is 23.3 Å². The number of hydrogen-bond donors (Lipinski definition) is 1. The van der Waals surface area contributed by atoms with Crippen LogP contribution in [0, 0.1) is 18.3 Å². The van der Waals surface area contributed by atoms with Gasteiger partial charge in [-0.1, -0.05) is 23.1 Å². The molecule has 166 valence electrons. The highest BCUT2D eigenvalue weighted by molar-refractivity contribution is 8.01. The Morgan fingerprint density at radius 2 is 2.19 bits per heavy atom. The zero-order valence-corrected chi connectivity index (χ0v) is 20.0. The summed E-state index contributed by atoms with van der Waals surface area (Å²) in [5.74, 6) is -0.341. The van der Waals surface area contributed by atoms with Crippen molar-refractivity contribution in [3.05, 3.63) is 44.6 Å². The van der Waals surface area contributed by atoms with Gasteiger partial charge in [-0.15, -0.1) is 21.5 Å². The summed E-state index contributed by atoms with van der Waals surface area (Å²) >= 11 is 4.07. The van der Waals surface area contributed by atoms with Crippen LogP contribution in [0.15, 0.2) is 39.1 Å². The van der Waals surface area contributed by atoms with Crippen molar-refractivity contribution in [2.45, 2.75) is 43.4 Å². The molecule has 2 aromatic heterocycles. The minimum absolute atomic E-state index is 0.0361. The van der Waals surface area contributed by atoms with E-state index in [2.05, 4.69) is 16.3 Å². The van der Waals surface area contributed by atoms with E-state index in [0.717, 1.165) is 15.5 Å². The lowest BCUT2D eigenvalue weighted by atomic mass is 9.78. The Balaban J connectivity index is 1.74. The summed E-state index contributed by atoms with van der Waals surface area (Å²) in [4.78, 5) is 28.5. The van der Waals surface area contributed by atoms with E-state index in [9.17, 15) is 14.9 Å². The van der Waals surface area contributed by atoms with Crippen molar-refractivity contribution in [1.82, 2.24) is 10.2 Å². The lowest BCUT2D eigenvalue weighted by Gasteiger charge is -2.37. The number of hydrogen-bond acceptors (Lipinski definition) is 11. The number of rotatable bonds is 6. The standard InChI is InChI=1S/C21H21N5O3S3/c1-3-29-16(28)10-30-21-25-24-20(32-21)26-13-5-4-6-14(27)18(13)17(12(9-22)19(26)23)15-8-7-11(2)31-15/h7-8,17H,3-6,10,23H2,1-2H3. The first-order valence-corrected chi connectivity index (χ1v) is 12.7. The van der Waals surface area contributed by atoms with Crippen molar-refractivity contribution in [1.29, 1.82) is 5.26 Å². The maximum atomic E-state index is 13.1. The molecule has 1 aliphatic carbocycles. The van der Waals surface area contributed by atoms with E-state index in [1.165, 1.54) is 23.1 Å². The number of thioether (sulfide) groups is 1. The summed E-state index contributed by atoms with van der Waals surface area (Å²) < 4.78 is 5.53. The summed E-state index contributed by atoms with van der Waals surface area (Å²) in [6, 6.07) is 6.20. The van der Waals surface area contributed by atoms with Crippen LogP contribution in [0.5, 0.6) is 0 Å². The predicted molar refractivity (Wildman–Crippen MR) is 124 cm³/mol. The molecule has 0 bridgehead atoms. The van der Waals surface area contributed by atoms with E-state index in [1.54, 1.807) is 23.2 Å². The molecule has 11 heteroatoms. The second-order valence-corrected chi connectivity index (χ2v) is 10.7. The molecule has 0 fully saturated rings. The molecule has 0 amide bonds. The smallest absolute Gasteiger partial charge is 0.316 e. The van der Waals surface area contributed by atoms with Gasteiger partial charge in [0.2, 0.25) is 5.13 Å². The van der Waals surface area contributed by atoms with Crippen LogP contribution < -0.4 is 10.6 Å². The predicted octanol–water partition coefficient (Wildman–Crippen LogP) is 3.87. The number of nitriles is 1. The van der Waals surface area contributed by atoms with Crippen molar-refractivity contribution in [2.75, 3.05) is 17.3 Å². The van der Waals surface area contributed by atoms with Gasteiger partial charge in [0.25, 0.3) is 0 Å². The number of carbonyl (C=O) groups excluding carboxylic acids is 2. The molecule has 2 aromatic rings. The molecule has 0 saturated heterocycles. The fraction of sp³-hybridized carbons (Fsp3) is 0.381. The van der Waals surface area contributed by atoms with Crippen LogP contribution in [-0.2, 0) is 14.3 Å². The second kappa shape index (κ2) is 9.44. The number of aromatic nitrogens is 2. The van der Waals surface area contributed by atoms with Gasteiger partial charge in [0.15, 0.2) is 10.1 Å². The maximum Gasteiger partial charge on any atom is 0.316 e. The molecular formula is C21H21N5O3S3. The van der Waals surface area contributed by atoms with Gasteiger partial charge < -0.3 is 10.5 Å². The highest BCUT2D eigenvalue weighted by Crippen LogP contribution is 2.48. The Morgan fingerprint density at radius 1 is 1.38 bits per heavy atom. The van der Waals surface area contributed by atoms with Gasteiger partial charge in [0.05, 0.1) is 29.9 Å². The molecule has 0 radical (unpaired) electrons. The minimum atomic E-state index is -0.455.